The van der Waals surface area contributed by atoms with Crippen molar-refractivity contribution in [2.24, 2.45) is 0 Å². The Morgan fingerprint density at radius 1 is 1.44 bits per heavy atom. The standard InChI is InChI=1S/C13H14ClFO/c1-11-10-13(16-9-3-8-15)6-5-12(11)4-2-7-14/h5-6,10H,3,7-9H2,1H3. The number of hydrogen-bond acceptors (Lipinski definition) is 1. The lowest BCUT2D eigenvalue weighted by Crippen LogP contribution is -1.98. The van der Waals surface area contributed by atoms with E-state index in [1.54, 1.807) is 0 Å². The lowest BCUT2D eigenvalue weighted by atomic mass is 10.1. The fourth-order valence-corrected chi connectivity index (χ4v) is 1.31. The SMILES string of the molecule is Cc1cc(OCCCF)ccc1C#CCCl. The van der Waals surface area contributed by atoms with Gasteiger partial charge < -0.3 is 4.74 Å². The van der Waals surface area contributed by atoms with Gasteiger partial charge in [-0.25, -0.2) is 0 Å². The summed E-state index contributed by atoms with van der Waals surface area (Å²) in [5, 5.41) is 0. The maximum Gasteiger partial charge on any atom is 0.119 e. The molecule has 0 fully saturated rings. The Balaban J connectivity index is 2.67. The lowest BCUT2D eigenvalue weighted by Gasteiger charge is -2.06. The van der Waals surface area contributed by atoms with Crippen molar-refractivity contribution in [2.45, 2.75) is 13.3 Å². The van der Waals surface area contributed by atoms with E-state index in [0.29, 0.717) is 18.9 Å². The summed E-state index contributed by atoms with van der Waals surface area (Å²) >= 11 is 5.49. The van der Waals surface area contributed by atoms with E-state index in [4.69, 9.17) is 16.3 Å². The minimum atomic E-state index is -0.349. The van der Waals surface area contributed by atoms with Gasteiger partial charge in [0.05, 0.1) is 19.2 Å². The van der Waals surface area contributed by atoms with E-state index >= 15 is 0 Å². The highest BCUT2D eigenvalue weighted by Gasteiger charge is 1.98. The summed E-state index contributed by atoms with van der Waals surface area (Å²) < 4.78 is 17.2. The van der Waals surface area contributed by atoms with Gasteiger partial charge in [-0.1, -0.05) is 11.8 Å². The molecular weight excluding hydrogens is 227 g/mol. The number of hydrogen-bond donors (Lipinski definition) is 0. The number of benzene rings is 1. The summed E-state index contributed by atoms with van der Waals surface area (Å²) in [5.41, 5.74) is 1.98. The van der Waals surface area contributed by atoms with E-state index in [-0.39, 0.29) is 6.67 Å². The van der Waals surface area contributed by atoms with Crippen LogP contribution in [0.4, 0.5) is 4.39 Å². The monoisotopic (exact) mass is 240 g/mol. The lowest BCUT2D eigenvalue weighted by molar-refractivity contribution is 0.289. The van der Waals surface area contributed by atoms with Crippen molar-refractivity contribution in [3.05, 3.63) is 29.3 Å². The number of halogens is 2. The van der Waals surface area contributed by atoms with Crippen LogP contribution in [-0.2, 0) is 0 Å². The molecule has 0 radical (unpaired) electrons. The van der Waals surface area contributed by atoms with Gasteiger partial charge in [-0.2, -0.15) is 0 Å². The Morgan fingerprint density at radius 2 is 2.25 bits per heavy atom. The molecule has 3 heteroatoms. The zero-order valence-electron chi connectivity index (χ0n) is 9.22. The Kier molecular flexibility index (Phi) is 5.74. The van der Waals surface area contributed by atoms with E-state index in [1.807, 2.05) is 25.1 Å². The van der Waals surface area contributed by atoms with E-state index in [2.05, 4.69) is 11.8 Å². The molecule has 16 heavy (non-hydrogen) atoms. The first kappa shape index (κ1) is 12.9. The van der Waals surface area contributed by atoms with Crippen LogP contribution in [0.2, 0.25) is 0 Å². The van der Waals surface area contributed by atoms with Crippen molar-refractivity contribution in [3.8, 4) is 17.6 Å². The van der Waals surface area contributed by atoms with Crippen LogP contribution in [-0.4, -0.2) is 19.2 Å². The minimum absolute atomic E-state index is 0.328. The van der Waals surface area contributed by atoms with Crippen LogP contribution in [0.3, 0.4) is 0 Å². The van der Waals surface area contributed by atoms with Crippen molar-refractivity contribution >= 4 is 11.6 Å². The fraction of sp³-hybridized carbons (Fsp3) is 0.385. The molecule has 0 N–H and O–H groups in total. The van der Waals surface area contributed by atoms with Gasteiger partial charge in [0.15, 0.2) is 0 Å². The number of ether oxygens (including phenoxy) is 1. The van der Waals surface area contributed by atoms with Crippen LogP contribution in [0.15, 0.2) is 18.2 Å². The highest BCUT2D eigenvalue weighted by molar-refractivity contribution is 6.19. The first-order chi connectivity index (χ1) is 7.77. The first-order valence-corrected chi connectivity index (χ1v) is 5.65. The summed E-state index contributed by atoms with van der Waals surface area (Å²) in [7, 11) is 0. The fourth-order valence-electron chi connectivity index (χ4n) is 1.24. The summed E-state index contributed by atoms with van der Waals surface area (Å²) in [6.07, 6.45) is 0.423. The topological polar surface area (TPSA) is 9.23 Å². The predicted molar refractivity (Wildman–Crippen MR) is 64.9 cm³/mol. The minimum Gasteiger partial charge on any atom is -0.493 e. The zero-order chi connectivity index (χ0) is 11.8. The normalized spacial score (nSPS) is 9.44. The molecular formula is C13H14ClFO. The molecule has 0 aromatic heterocycles. The van der Waals surface area contributed by atoms with Crippen LogP contribution >= 0.6 is 11.6 Å². The zero-order valence-corrected chi connectivity index (χ0v) is 9.98. The molecule has 0 aliphatic heterocycles. The maximum absolute atomic E-state index is 11.9. The van der Waals surface area contributed by atoms with Gasteiger partial charge in [-0.3, -0.25) is 4.39 Å². The van der Waals surface area contributed by atoms with E-state index in [9.17, 15) is 4.39 Å². The number of rotatable bonds is 4. The molecule has 86 valence electrons. The molecule has 0 spiro atoms. The van der Waals surface area contributed by atoms with Gasteiger partial charge in [0.2, 0.25) is 0 Å². The average molecular weight is 241 g/mol. The van der Waals surface area contributed by atoms with Crippen molar-refractivity contribution in [3.63, 3.8) is 0 Å². The molecule has 0 bridgehead atoms. The van der Waals surface area contributed by atoms with Crippen LogP contribution < -0.4 is 4.74 Å². The van der Waals surface area contributed by atoms with Crippen molar-refractivity contribution in [2.75, 3.05) is 19.2 Å². The number of alkyl halides is 2. The van der Waals surface area contributed by atoms with Gasteiger partial charge >= 0.3 is 0 Å². The number of aryl methyl sites for hydroxylation is 1. The molecule has 0 amide bonds. The first-order valence-electron chi connectivity index (χ1n) is 5.12. The van der Waals surface area contributed by atoms with Gasteiger partial charge in [-0.05, 0) is 30.7 Å². The Labute approximate surface area is 101 Å². The van der Waals surface area contributed by atoms with Gasteiger partial charge in [0, 0.05) is 12.0 Å². The Bertz CT molecular complexity index is 393. The molecule has 0 saturated heterocycles. The third-order valence-corrected chi connectivity index (χ3v) is 2.17. The second-order valence-corrected chi connectivity index (χ2v) is 3.57. The van der Waals surface area contributed by atoms with E-state index in [1.165, 1.54) is 0 Å². The molecule has 1 aromatic rings. The van der Waals surface area contributed by atoms with E-state index in [0.717, 1.165) is 16.9 Å². The highest BCUT2D eigenvalue weighted by Crippen LogP contribution is 2.16. The molecule has 0 heterocycles. The molecule has 0 aliphatic rings. The second-order valence-electron chi connectivity index (χ2n) is 3.30. The maximum atomic E-state index is 11.9. The van der Waals surface area contributed by atoms with Gasteiger partial charge in [0.25, 0.3) is 0 Å². The van der Waals surface area contributed by atoms with Crippen LogP contribution in [0.5, 0.6) is 5.75 Å². The van der Waals surface area contributed by atoms with Gasteiger partial charge in [-0.15, -0.1) is 11.6 Å². The molecule has 0 unspecified atom stereocenters. The third kappa shape index (κ3) is 4.12. The summed E-state index contributed by atoms with van der Waals surface area (Å²) in [5.74, 6) is 6.84. The van der Waals surface area contributed by atoms with E-state index < -0.39 is 0 Å². The molecule has 1 rings (SSSR count). The second kappa shape index (κ2) is 7.14. The molecule has 1 nitrogen and oxygen atoms in total. The molecule has 0 saturated carbocycles. The Hall–Kier alpha value is -1.20. The highest BCUT2D eigenvalue weighted by atomic mass is 35.5. The van der Waals surface area contributed by atoms with Crippen molar-refractivity contribution in [1.29, 1.82) is 0 Å². The van der Waals surface area contributed by atoms with Crippen molar-refractivity contribution in [1.82, 2.24) is 0 Å². The van der Waals surface area contributed by atoms with Crippen LogP contribution in [0.25, 0.3) is 0 Å². The third-order valence-electron chi connectivity index (χ3n) is 2.03. The smallest absolute Gasteiger partial charge is 0.119 e. The van der Waals surface area contributed by atoms with Crippen LogP contribution in [0, 0.1) is 18.8 Å². The Morgan fingerprint density at radius 3 is 2.88 bits per heavy atom. The predicted octanol–water partition coefficient (Wildman–Crippen LogP) is 3.32. The molecule has 0 aliphatic carbocycles. The largest absolute Gasteiger partial charge is 0.493 e. The molecule has 0 atom stereocenters. The average Bonchev–Trinajstić information content (AvgIpc) is 2.28. The van der Waals surface area contributed by atoms with Gasteiger partial charge in [0.1, 0.15) is 5.75 Å². The van der Waals surface area contributed by atoms with Crippen LogP contribution in [0.1, 0.15) is 17.5 Å². The summed E-state index contributed by atoms with van der Waals surface area (Å²) in [6.45, 7) is 2.02. The summed E-state index contributed by atoms with van der Waals surface area (Å²) in [4.78, 5) is 0. The van der Waals surface area contributed by atoms with Crippen molar-refractivity contribution < 1.29 is 9.13 Å². The quantitative estimate of drug-likeness (QED) is 0.446. The molecule has 1 aromatic carbocycles. The summed E-state index contributed by atoms with van der Waals surface area (Å²) in [6, 6.07) is 5.62.